The second-order valence-electron chi connectivity index (χ2n) is 12.6. The Kier molecular flexibility index (Phi) is 7.59. The highest BCUT2D eigenvalue weighted by Crippen LogP contribution is 2.67. The van der Waals surface area contributed by atoms with Crippen LogP contribution < -0.4 is 0 Å². The van der Waals surface area contributed by atoms with Crippen LogP contribution in [0, 0.1) is 46.3 Å². The van der Waals surface area contributed by atoms with Crippen LogP contribution in [0.5, 0.6) is 0 Å². The maximum atomic E-state index is 11.6. The van der Waals surface area contributed by atoms with Gasteiger partial charge in [0.1, 0.15) is 6.10 Å². The van der Waals surface area contributed by atoms with Crippen molar-refractivity contribution in [2.75, 3.05) is 0 Å². The molecule has 0 saturated heterocycles. The Morgan fingerprint density at radius 2 is 1.88 bits per heavy atom. The maximum absolute atomic E-state index is 11.6. The number of hydrogen-bond donors (Lipinski definition) is 0. The highest BCUT2D eigenvalue weighted by Gasteiger charge is 2.59. The number of hydrogen-bond acceptors (Lipinski definition) is 3. The van der Waals surface area contributed by atoms with Crippen LogP contribution in [0.3, 0.4) is 0 Å². The molecule has 0 radical (unpaired) electrons. The summed E-state index contributed by atoms with van der Waals surface area (Å²) in [5, 5.41) is 0. The molecule has 4 aliphatic rings. The number of carbonyl (C=O) groups is 1. The Labute approximate surface area is 210 Å². The van der Waals surface area contributed by atoms with E-state index in [1.54, 1.807) is 28.6 Å². The molecule has 3 fully saturated rings. The Morgan fingerprint density at radius 3 is 2.59 bits per heavy atom. The fourth-order valence-electron chi connectivity index (χ4n) is 8.91. The lowest BCUT2D eigenvalue weighted by Gasteiger charge is -2.58. The topological polar surface area (TPSA) is 35.5 Å². The summed E-state index contributed by atoms with van der Waals surface area (Å²) in [5.74, 6) is 5.19. The minimum Gasteiger partial charge on any atom is -0.430 e. The lowest BCUT2D eigenvalue weighted by atomic mass is 9.47. The van der Waals surface area contributed by atoms with Gasteiger partial charge >= 0.3 is 6.16 Å². The number of allylic oxidation sites excluding steroid dienone is 1. The summed E-state index contributed by atoms with van der Waals surface area (Å²) >= 11 is 1.62. The van der Waals surface area contributed by atoms with Gasteiger partial charge in [-0.15, -0.1) is 0 Å². The van der Waals surface area contributed by atoms with Gasteiger partial charge in [0.2, 0.25) is 0 Å². The molecule has 32 heavy (non-hydrogen) atoms. The van der Waals surface area contributed by atoms with E-state index in [0.29, 0.717) is 10.8 Å². The predicted molar refractivity (Wildman–Crippen MR) is 138 cm³/mol. The molecule has 3 nitrogen and oxygen atoms in total. The first kappa shape index (κ1) is 24.9. The number of ether oxygens (including phenoxy) is 1. The molecule has 0 spiro atoms. The van der Waals surface area contributed by atoms with Crippen LogP contribution in [0.1, 0.15) is 105 Å². The Morgan fingerprint density at radius 1 is 1.09 bits per heavy atom. The molecule has 3 saturated carbocycles. The van der Waals surface area contributed by atoms with E-state index in [1.165, 1.54) is 51.4 Å². The smallest absolute Gasteiger partial charge is 0.430 e. The van der Waals surface area contributed by atoms with E-state index >= 15 is 0 Å². The minimum absolute atomic E-state index is 0.00968. The minimum atomic E-state index is -0.540. The largest absolute Gasteiger partial charge is 0.518 e. The van der Waals surface area contributed by atoms with Gasteiger partial charge in [0.15, 0.2) is 23.0 Å². The van der Waals surface area contributed by atoms with E-state index in [4.69, 9.17) is 7.80 Å². The fraction of sp³-hybridized carbons (Fsp3) is 0.893. The average Bonchev–Trinajstić information content (AvgIpc) is 3.11. The molecule has 0 bridgehead atoms. The molecule has 8 atom stereocenters. The van der Waals surface area contributed by atoms with Crippen LogP contribution in [0.15, 0.2) is 11.6 Å². The number of halogens is 1. The first-order valence-electron chi connectivity index (χ1n) is 13.4. The van der Waals surface area contributed by atoms with Crippen LogP contribution in [-0.4, -0.2) is 12.3 Å². The third-order valence-electron chi connectivity index (χ3n) is 10.6. The van der Waals surface area contributed by atoms with Crippen molar-refractivity contribution in [1.29, 1.82) is 0 Å². The molecule has 0 aromatic rings. The normalized spacial score (nSPS) is 41.8. The number of rotatable bonds is 6. The van der Waals surface area contributed by atoms with Crippen molar-refractivity contribution >= 4 is 29.2 Å². The third-order valence-corrected chi connectivity index (χ3v) is 10.9. The van der Waals surface area contributed by atoms with E-state index in [2.05, 4.69) is 40.7 Å². The molecular formula is C28H45IO3. The van der Waals surface area contributed by atoms with Gasteiger partial charge in [0, 0.05) is 6.42 Å². The molecule has 8 unspecified atom stereocenters. The molecule has 182 valence electrons. The Bertz CT molecular complexity index is 717. The maximum Gasteiger partial charge on any atom is 0.518 e. The molecule has 4 heteroatoms. The van der Waals surface area contributed by atoms with Crippen molar-refractivity contribution in [3.05, 3.63) is 11.6 Å². The van der Waals surface area contributed by atoms with Gasteiger partial charge in [-0.3, -0.25) is 0 Å². The van der Waals surface area contributed by atoms with Crippen molar-refractivity contribution < 1.29 is 12.6 Å². The first-order valence-corrected chi connectivity index (χ1v) is 14.3. The average molecular weight is 557 g/mol. The highest BCUT2D eigenvalue weighted by molar-refractivity contribution is 14.1. The van der Waals surface area contributed by atoms with Gasteiger partial charge < -0.3 is 7.80 Å². The molecule has 0 aliphatic heterocycles. The fourth-order valence-corrected chi connectivity index (χ4v) is 9.01. The van der Waals surface area contributed by atoms with Crippen molar-refractivity contribution in [2.24, 2.45) is 46.3 Å². The van der Waals surface area contributed by atoms with Crippen molar-refractivity contribution in [2.45, 2.75) is 111 Å². The van der Waals surface area contributed by atoms with Crippen LogP contribution in [-0.2, 0) is 7.80 Å². The van der Waals surface area contributed by atoms with Gasteiger partial charge in [-0.05, 0) is 91.3 Å². The zero-order chi connectivity index (χ0) is 23.1. The molecule has 4 rings (SSSR count). The summed E-state index contributed by atoms with van der Waals surface area (Å²) in [6.07, 6.45) is 16.2. The van der Waals surface area contributed by atoms with Gasteiger partial charge in [-0.1, -0.05) is 65.5 Å². The van der Waals surface area contributed by atoms with E-state index in [0.717, 1.165) is 54.8 Å². The van der Waals surface area contributed by atoms with E-state index < -0.39 is 6.16 Å². The predicted octanol–water partition coefficient (Wildman–Crippen LogP) is 8.90. The van der Waals surface area contributed by atoms with E-state index in [-0.39, 0.29) is 6.10 Å². The van der Waals surface area contributed by atoms with Gasteiger partial charge in [-0.2, -0.15) is 0 Å². The molecule has 0 aromatic carbocycles. The summed E-state index contributed by atoms with van der Waals surface area (Å²) in [6, 6.07) is 0. The zero-order valence-corrected chi connectivity index (χ0v) is 23.2. The standard InChI is InChI=1S/C28H45IO3/c1-18(2)7-6-8-19(3)23-11-12-24-22-10-9-20-17-21(31-26(30)32-29)13-15-27(20,4)25(22)14-16-28(23,24)5/h9,18-19,21-25H,6-8,10-17H2,1-5H3. The SMILES string of the molecule is CC(C)CCCC(C)C1CCC2C3CC=C4CC(OC(=O)OI)CCC4(C)C3CCC12C. The Hall–Kier alpha value is -0.260. The quantitative estimate of drug-likeness (QED) is 0.186. The third kappa shape index (κ3) is 4.52. The van der Waals surface area contributed by atoms with Gasteiger partial charge in [-0.25, -0.2) is 4.79 Å². The zero-order valence-electron chi connectivity index (χ0n) is 21.0. The first-order chi connectivity index (χ1) is 15.2. The monoisotopic (exact) mass is 556 g/mol. The van der Waals surface area contributed by atoms with Crippen LogP contribution in [0.25, 0.3) is 0 Å². The highest BCUT2D eigenvalue weighted by atomic mass is 127. The number of carbonyl (C=O) groups excluding carboxylic acids is 1. The van der Waals surface area contributed by atoms with Gasteiger partial charge in [0.05, 0.1) is 0 Å². The van der Waals surface area contributed by atoms with E-state index in [1.807, 2.05) is 0 Å². The molecule has 0 aromatic heterocycles. The van der Waals surface area contributed by atoms with Crippen LogP contribution in [0.4, 0.5) is 4.79 Å². The van der Waals surface area contributed by atoms with E-state index in [9.17, 15) is 4.79 Å². The molecule has 0 amide bonds. The van der Waals surface area contributed by atoms with Crippen molar-refractivity contribution in [1.82, 2.24) is 0 Å². The summed E-state index contributed by atoms with van der Waals surface area (Å²) < 4.78 is 10.2. The summed E-state index contributed by atoms with van der Waals surface area (Å²) in [5.41, 5.74) is 2.42. The second-order valence-corrected chi connectivity index (χ2v) is 13.0. The summed E-state index contributed by atoms with van der Waals surface area (Å²) in [4.78, 5) is 11.6. The molecular weight excluding hydrogens is 511 g/mol. The van der Waals surface area contributed by atoms with Crippen LogP contribution >= 0.6 is 23.0 Å². The number of fused-ring (bicyclic) bond motifs is 5. The Balaban J connectivity index is 1.45. The molecule has 0 heterocycles. The summed E-state index contributed by atoms with van der Waals surface area (Å²) in [7, 11) is 0. The molecule has 4 aliphatic carbocycles. The van der Waals surface area contributed by atoms with Crippen LogP contribution in [0.2, 0.25) is 0 Å². The van der Waals surface area contributed by atoms with Gasteiger partial charge in [0.25, 0.3) is 0 Å². The van der Waals surface area contributed by atoms with Crippen molar-refractivity contribution in [3.8, 4) is 0 Å². The molecule has 0 N–H and O–H groups in total. The second kappa shape index (κ2) is 9.77. The lowest BCUT2D eigenvalue weighted by Crippen LogP contribution is -2.51. The van der Waals surface area contributed by atoms with Crippen molar-refractivity contribution in [3.63, 3.8) is 0 Å². The summed E-state index contributed by atoms with van der Waals surface area (Å²) in [6.45, 7) is 12.5. The lowest BCUT2D eigenvalue weighted by molar-refractivity contribution is -0.0592.